The Morgan fingerprint density at radius 3 is 2.04 bits per heavy atom. The van der Waals surface area contributed by atoms with E-state index in [1.165, 1.54) is 19.3 Å². The summed E-state index contributed by atoms with van der Waals surface area (Å²) in [6.45, 7) is 1.49. The maximum Gasteiger partial charge on any atom is 0.178 e. The lowest BCUT2D eigenvalue weighted by Crippen LogP contribution is -2.49. The largest absolute Gasteiger partial charge is 0.394 e. The summed E-state index contributed by atoms with van der Waals surface area (Å²) in [7, 11) is -3.25. The number of unbranched alkanes of at least 4 members (excludes halogenated alkanes) is 5. The van der Waals surface area contributed by atoms with E-state index in [9.17, 15) is 18.6 Å². The summed E-state index contributed by atoms with van der Waals surface area (Å²) in [4.78, 5) is 0.315. The number of aliphatic hydroxyl groups is 2. The van der Waals surface area contributed by atoms with E-state index in [4.69, 9.17) is 5.73 Å². The van der Waals surface area contributed by atoms with Crippen LogP contribution in [-0.4, -0.2) is 43.1 Å². The standard InChI is InChI=1S/C18H31NO4S/c1-2-3-4-5-6-7-12-24(22,23)17-10-8-16(9-11-17)13-18(19,14-20)15-21/h8-11,20-21H,2-7,12-15,19H2,1H3. The van der Waals surface area contributed by atoms with Crippen molar-refractivity contribution in [1.29, 1.82) is 0 Å². The summed E-state index contributed by atoms with van der Waals surface area (Å²) in [6, 6.07) is 6.55. The third kappa shape index (κ3) is 6.89. The normalized spacial score (nSPS) is 12.5. The third-order valence-corrected chi connectivity index (χ3v) is 6.05. The van der Waals surface area contributed by atoms with Crippen LogP contribution in [0.25, 0.3) is 0 Å². The van der Waals surface area contributed by atoms with Crippen molar-refractivity contribution < 1.29 is 18.6 Å². The monoisotopic (exact) mass is 357 g/mol. The zero-order valence-electron chi connectivity index (χ0n) is 14.6. The summed E-state index contributed by atoms with van der Waals surface area (Å²) in [5.41, 5.74) is 5.56. The highest BCUT2D eigenvalue weighted by Crippen LogP contribution is 2.17. The predicted octanol–water partition coefficient (Wildman–Crippen LogP) is 2.05. The third-order valence-electron chi connectivity index (χ3n) is 4.24. The van der Waals surface area contributed by atoms with Crippen molar-refractivity contribution in [3.8, 4) is 0 Å². The van der Waals surface area contributed by atoms with Crippen LogP contribution >= 0.6 is 0 Å². The molecule has 1 aromatic carbocycles. The van der Waals surface area contributed by atoms with Crippen LogP contribution in [0.5, 0.6) is 0 Å². The van der Waals surface area contributed by atoms with Gasteiger partial charge in [-0.25, -0.2) is 8.42 Å². The second-order valence-electron chi connectivity index (χ2n) is 6.59. The summed E-state index contributed by atoms with van der Waals surface area (Å²) in [6.07, 6.45) is 6.57. The van der Waals surface area contributed by atoms with Gasteiger partial charge in [0, 0.05) is 0 Å². The molecule has 138 valence electrons. The molecule has 1 rings (SSSR count). The Bertz CT molecular complexity index is 565. The minimum atomic E-state index is -3.25. The van der Waals surface area contributed by atoms with Gasteiger partial charge in [0.1, 0.15) is 0 Å². The summed E-state index contributed by atoms with van der Waals surface area (Å²) >= 11 is 0. The molecule has 0 radical (unpaired) electrons. The summed E-state index contributed by atoms with van der Waals surface area (Å²) in [5.74, 6) is 0.173. The van der Waals surface area contributed by atoms with E-state index < -0.39 is 15.4 Å². The Morgan fingerprint density at radius 2 is 1.50 bits per heavy atom. The maximum atomic E-state index is 12.3. The maximum absolute atomic E-state index is 12.3. The second-order valence-corrected chi connectivity index (χ2v) is 8.70. The SMILES string of the molecule is CCCCCCCCS(=O)(=O)c1ccc(CC(N)(CO)CO)cc1. The molecule has 0 aliphatic heterocycles. The van der Waals surface area contributed by atoms with Gasteiger partial charge in [0.05, 0.1) is 29.4 Å². The molecule has 0 bridgehead atoms. The van der Waals surface area contributed by atoms with Gasteiger partial charge < -0.3 is 15.9 Å². The van der Waals surface area contributed by atoms with Crippen LogP contribution in [0.4, 0.5) is 0 Å². The molecule has 24 heavy (non-hydrogen) atoms. The van der Waals surface area contributed by atoms with Crippen LogP contribution < -0.4 is 5.73 Å². The molecule has 0 fully saturated rings. The average Bonchev–Trinajstić information content (AvgIpc) is 2.58. The average molecular weight is 358 g/mol. The minimum Gasteiger partial charge on any atom is -0.394 e. The molecule has 0 amide bonds. The minimum absolute atomic E-state index is 0.173. The Kier molecular flexibility index (Phi) is 8.91. The first-order valence-corrected chi connectivity index (χ1v) is 10.3. The number of sulfone groups is 1. The van der Waals surface area contributed by atoms with Crippen molar-refractivity contribution in [1.82, 2.24) is 0 Å². The number of aliphatic hydroxyl groups excluding tert-OH is 2. The Balaban J connectivity index is 2.57. The zero-order chi connectivity index (χ0) is 18.1. The Labute approximate surface area is 145 Å². The van der Waals surface area contributed by atoms with Gasteiger partial charge in [0.2, 0.25) is 0 Å². The van der Waals surface area contributed by atoms with Crippen LogP contribution in [-0.2, 0) is 16.3 Å². The van der Waals surface area contributed by atoms with Gasteiger partial charge in [-0.15, -0.1) is 0 Å². The highest BCUT2D eigenvalue weighted by molar-refractivity contribution is 7.91. The van der Waals surface area contributed by atoms with E-state index in [1.54, 1.807) is 24.3 Å². The molecule has 0 spiro atoms. The topological polar surface area (TPSA) is 101 Å². The fourth-order valence-electron chi connectivity index (χ4n) is 2.57. The van der Waals surface area contributed by atoms with Gasteiger partial charge in [0.25, 0.3) is 0 Å². The van der Waals surface area contributed by atoms with Crippen LogP contribution in [0.15, 0.2) is 29.2 Å². The summed E-state index contributed by atoms with van der Waals surface area (Å²) < 4.78 is 24.7. The van der Waals surface area contributed by atoms with Crippen molar-refractivity contribution in [3.05, 3.63) is 29.8 Å². The Morgan fingerprint density at radius 1 is 0.958 bits per heavy atom. The lowest BCUT2D eigenvalue weighted by Gasteiger charge is -2.24. The first-order chi connectivity index (χ1) is 11.4. The molecule has 5 nitrogen and oxygen atoms in total. The molecule has 0 saturated carbocycles. The number of hydrogen-bond acceptors (Lipinski definition) is 5. The van der Waals surface area contributed by atoms with Crippen molar-refractivity contribution in [2.75, 3.05) is 19.0 Å². The molecule has 0 saturated heterocycles. The van der Waals surface area contributed by atoms with Gasteiger partial charge in [-0.1, -0.05) is 51.2 Å². The molecule has 0 atom stereocenters. The molecular formula is C18H31NO4S. The van der Waals surface area contributed by atoms with Gasteiger partial charge in [-0.3, -0.25) is 0 Å². The van der Waals surface area contributed by atoms with Crippen LogP contribution in [0.2, 0.25) is 0 Å². The van der Waals surface area contributed by atoms with Crippen molar-refractivity contribution in [2.45, 2.75) is 62.3 Å². The molecule has 4 N–H and O–H groups in total. The van der Waals surface area contributed by atoms with Gasteiger partial charge in [0.15, 0.2) is 9.84 Å². The first kappa shape index (κ1) is 21.1. The lowest BCUT2D eigenvalue weighted by atomic mass is 9.94. The number of benzene rings is 1. The fourth-order valence-corrected chi connectivity index (χ4v) is 3.94. The number of rotatable bonds is 12. The molecule has 0 aliphatic carbocycles. The van der Waals surface area contributed by atoms with E-state index in [1.807, 2.05) is 0 Å². The van der Waals surface area contributed by atoms with E-state index in [-0.39, 0.29) is 25.4 Å². The molecule has 0 heterocycles. The summed E-state index contributed by atoms with van der Waals surface area (Å²) in [5, 5.41) is 18.4. The highest BCUT2D eigenvalue weighted by Gasteiger charge is 2.23. The molecule has 0 aromatic heterocycles. The molecule has 0 unspecified atom stereocenters. The molecular weight excluding hydrogens is 326 g/mol. The van der Waals surface area contributed by atoms with Crippen LogP contribution in [0.1, 0.15) is 51.0 Å². The van der Waals surface area contributed by atoms with E-state index in [0.717, 1.165) is 18.4 Å². The number of hydrogen-bond donors (Lipinski definition) is 3. The molecule has 1 aromatic rings. The molecule has 0 aliphatic rings. The van der Waals surface area contributed by atoms with Crippen molar-refractivity contribution >= 4 is 9.84 Å². The van der Waals surface area contributed by atoms with Gasteiger partial charge >= 0.3 is 0 Å². The van der Waals surface area contributed by atoms with Gasteiger partial charge in [-0.2, -0.15) is 0 Å². The molecule has 6 heteroatoms. The van der Waals surface area contributed by atoms with Crippen molar-refractivity contribution in [2.24, 2.45) is 5.73 Å². The van der Waals surface area contributed by atoms with E-state index in [0.29, 0.717) is 11.3 Å². The number of nitrogens with two attached hydrogens (primary N) is 1. The van der Waals surface area contributed by atoms with Crippen LogP contribution in [0.3, 0.4) is 0 Å². The second kappa shape index (κ2) is 10.1. The van der Waals surface area contributed by atoms with E-state index in [2.05, 4.69) is 6.92 Å². The highest BCUT2D eigenvalue weighted by atomic mass is 32.2. The fraction of sp³-hybridized carbons (Fsp3) is 0.667. The zero-order valence-corrected chi connectivity index (χ0v) is 15.4. The predicted molar refractivity (Wildman–Crippen MR) is 96.7 cm³/mol. The van der Waals surface area contributed by atoms with Crippen LogP contribution in [0, 0.1) is 0 Å². The van der Waals surface area contributed by atoms with Crippen molar-refractivity contribution in [3.63, 3.8) is 0 Å². The smallest absolute Gasteiger partial charge is 0.178 e. The van der Waals surface area contributed by atoms with E-state index >= 15 is 0 Å². The Hall–Kier alpha value is -0.950. The first-order valence-electron chi connectivity index (χ1n) is 8.69. The van der Waals surface area contributed by atoms with Gasteiger partial charge in [-0.05, 0) is 30.5 Å². The lowest BCUT2D eigenvalue weighted by molar-refractivity contribution is 0.121. The quantitative estimate of drug-likeness (QED) is 0.497.